The molecule has 8 heteroatoms. The van der Waals surface area contributed by atoms with Gasteiger partial charge in [-0.05, 0) is 45.4 Å². The molecular weight excluding hydrogens is 832 g/mol. The van der Waals surface area contributed by atoms with E-state index in [9.17, 15) is 29.7 Å². The maximum Gasteiger partial charge on any atom is 3.00 e. The predicted molar refractivity (Wildman–Crippen MR) is 266 cm³/mol. The Kier molecular flexibility index (Phi) is 80.1. The van der Waals surface area contributed by atoms with Crippen LogP contribution in [0.5, 0.6) is 0 Å². The summed E-state index contributed by atoms with van der Waals surface area (Å²) in [6.07, 6.45) is 59.6. The number of aliphatic hydroxyl groups is 1. The van der Waals surface area contributed by atoms with E-state index < -0.39 is 17.9 Å². The van der Waals surface area contributed by atoms with Gasteiger partial charge in [-0.3, -0.25) is 0 Å². The summed E-state index contributed by atoms with van der Waals surface area (Å²) >= 11 is 0. The van der Waals surface area contributed by atoms with Gasteiger partial charge in [-0.2, -0.15) is 0 Å². The van der Waals surface area contributed by atoms with Gasteiger partial charge in [-0.1, -0.05) is 290 Å². The van der Waals surface area contributed by atoms with Crippen LogP contribution in [0.3, 0.4) is 0 Å². The molecule has 0 fully saturated rings. The number of aliphatic carboxylic acids is 3. The third-order valence-corrected chi connectivity index (χ3v) is 12.0. The molecule has 0 bridgehead atoms. The number of hydrogen-bond acceptors (Lipinski definition) is 7. The molecule has 0 amide bonds. The van der Waals surface area contributed by atoms with Gasteiger partial charge >= 0.3 is 21.7 Å². The summed E-state index contributed by atoms with van der Waals surface area (Å²) in [7, 11) is 0. The molecule has 0 aliphatic rings. The van der Waals surface area contributed by atoms with Crippen LogP contribution in [-0.4, -0.2) is 29.6 Å². The van der Waals surface area contributed by atoms with E-state index in [0.717, 1.165) is 38.5 Å². The number of rotatable bonds is 48. The van der Waals surface area contributed by atoms with Gasteiger partial charge in [-0.25, -0.2) is 0 Å². The van der Waals surface area contributed by atoms with Gasteiger partial charge in [0.1, 0.15) is 0 Å². The summed E-state index contributed by atoms with van der Waals surface area (Å²) in [6, 6.07) is 0. The second-order valence-corrected chi connectivity index (χ2v) is 18.5. The fraction of sp³-hybridized carbons (Fsp3) is 0.946. The van der Waals surface area contributed by atoms with Crippen LogP contribution in [0.2, 0.25) is 0 Å². The summed E-state index contributed by atoms with van der Waals surface area (Å²) in [6.45, 7) is 8.73. The number of unbranched alkanes of at least 4 members (excludes halogenated alkanes) is 42. The molecule has 0 saturated heterocycles. The van der Waals surface area contributed by atoms with Crippen LogP contribution >= 0.6 is 0 Å². The van der Waals surface area contributed by atoms with Crippen LogP contribution in [0.15, 0.2) is 0 Å². The maximum atomic E-state index is 10.2. The minimum Gasteiger partial charge on any atom is -0.550 e. The van der Waals surface area contributed by atoms with Gasteiger partial charge in [0.15, 0.2) is 0 Å². The van der Waals surface area contributed by atoms with Crippen molar-refractivity contribution in [3.8, 4) is 0 Å². The molecule has 0 saturated carbocycles. The molecule has 0 heterocycles. The first-order valence-electron chi connectivity index (χ1n) is 27.9. The fourth-order valence-corrected chi connectivity index (χ4v) is 7.92. The molecule has 0 aliphatic carbocycles. The molecule has 0 atom stereocenters. The van der Waals surface area contributed by atoms with Crippen molar-refractivity contribution in [3.63, 3.8) is 0 Å². The molecule has 1 radical (unpaired) electrons. The third-order valence-electron chi connectivity index (χ3n) is 12.0. The van der Waals surface area contributed by atoms with Crippen LogP contribution in [0.4, 0.5) is 0 Å². The quantitative estimate of drug-likeness (QED) is 0.0473. The SMILES string of the molecule is CCCCCCCCCCCCCCCCCC(=O)[O-].CCCCCCCCCCCCCCCCCC(=O)[O-].CCCCCCCCCCCCCCCCCC(=O)[O-].CCO.[Ti+3]. The predicted octanol–water partition coefficient (Wildman–Crippen LogP) is 15.0. The summed E-state index contributed by atoms with van der Waals surface area (Å²) in [5.74, 6) is -2.71. The van der Waals surface area contributed by atoms with Gasteiger partial charge in [-0.15, -0.1) is 0 Å². The molecule has 381 valence electrons. The largest absolute Gasteiger partial charge is 3.00 e. The Hall–Kier alpha value is -0.916. The first kappa shape index (κ1) is 72.1. The number of carbonyl (C=O) groups is 3. The Morgan fingerprint density at radius 2 is 0.344 bits per heavy atom. The van der Waals surface area contributed by atoms with E-state index in [1.807, 2.05) is 0 Å². The number of hydrogen-bond donors (Lipinski definition) is 1. The van der Waals surface area contributed by atoms with Gasteiger partial charge in [0.25, 0.3) is 0 Å². The zero-order valence-corrected chi connectivity index (χ0v) is 45.1. The van der Waals surface area contributed by atoms with Crippen molar-refractivity contribution < 1.29 is 56.5 Å². The molecule has 64 heavy (non-hydrogen) atoms. The van der Waals surface area contributed by atoms with Crippen molar-refractivity contribution in [1.82, 2.24) is 0 Å². The Bertz CT molecular complexity index is 735. The van der Waals surface area contributed by atoms with E-state index >= 15 is 0 Å². The van der Waals surface area contributed by atoms with Crippen LogP contribution < -0.4 is 15.3 Å². The summed E-state index contributed by atoms with van der Waals surface area (Å²) in [5.41, 5.74) is 0. The molecule has 1 N–H and O–H groups in total. The van der Waals surface area contributed by atoms with Crippen molar-refractivity contribution in [2.24, 2.45) is 0 Å². The van der Waals surface area contributed by atoms with E-state index in [2.05, 4.69) is 20.8 Å². The third kappa shape index (κ3) is 87.9. The minimum atomic E-state index is -0.903. The standard InChI is InChI=1S/3C18H36O2.C2H6O.Ti/c3*1-2-3-4-5-6-7-8-9-10-11-12-13-14-15-16-17-18(19)20;1-2-3;/h3*2-17H2,1H3,(H,19,20);3H,2H2,1H3;/q;;;;+3/p-3. The topological polar surface area (TPSA) is 141 Å². The van der Waals surface area contributed by atoms with Crippen molar-refractivity contribution in [2.75, 3.05) is 6.61 Å². The van der Waals surface area contributed by atoms with E-state index in [0.29, 0.717) is 0 Å². The summed E-state index contributed by atoms with van der Waals surface area (Å²) in [5, 5.41) is 38.2. The number of carboxylic acids is 3. The van der Waals surface area contributed by atoms with E-state index in [4.69, 9.17) is 5.11 Å². The first-order valence-corrected chi connectivity index (χ1v) is 27.9. The van der Waals surface area contributed by atoms with E-state index in [-0.39, 0.29) is 47.6 Å². The number of carboxylic acid groups (broad SMARTS) is 3. The summed E-state index contributed by atoms with van der Waals surface area (Å²) < 4.78 is 0. The Labute approximate surface area is 414 Å². The van der Waals surface area contributed by atoms with Crippen LogP contribution in [0.25, 0.3) is 0 Å². The minimum absolute atomic E-state index is 0. The van der Waals surface area contributed by atoms with Crippen molar-refractivity contribution in [1.29, 1.82) is 0 Å². The van der Waals surface area contributed by atoms with Crippen LogP contribution in [-0.2, 0) is 36.1 Å². The zero-order valence-electron chi connectivity index (χ0n) is 43.5. The first-order chi connectivity index (χ1) is 30.7. The van der Waals surface area contributed by atoms with Crippen molar-refractivity contribution in [2.45, 2.75) is 336 Å². The molecule has 0 aromatic carbocycles. The molecule has 0 rings (SSSR count). The molecule has 0 unspecified atom stereocenters. The second kappa shape index (κ2) is 71.1. The van der Waals surface area contributed by atoms with Gasteiger partial charge in [0, 0.05) is 24.5 Å². The Morgan fingerprint density at radius 3 is 0.438 bits per heavy atom. The zero-order chi connectivity index (χ0) is 47.4. The molecule has 0 aromatic rings. The summed E-state index contributed by atoms with van der Waals surface area (Å²) in [4.78, 5) is 30.7. The maximum absolute atomic E-state index is 10.2. The molecule has 0 aliphatic heterocycles. The number of aliphatic hydroxyl groups excluding tert-OH is 1. The average molecular weight is 944 g/mol. The second-order valence-electron chi connectivity index (χ2n) is 18.5. The van der Waals surface area contributed by atoms with Crippen LogP contribution in [0.1, 0.15) is 336 Å². The molecule has 7 nitrogen and oxygen atoms in total. The van der Waals surface area contributed by atoms with E-state index in [1.54, 1.807) is 6.92 Å². The monoisotopic (exact) mass is 944 g/mol. The van der Waals surface area contributed by atoms with E-state index in [1.165, 1.54) is 250 Å². The fourth-order valence-electron chi connectivity index (χ4n) is 7.92. The van der Waals surface area contributed by atoms with Gasteiger partial charge in [0.05, 0.1) is 0 Å². The van der Waals surface area contributed by atoms with Crippen molar-refractivity contribution in [3.05, 3.63) is 0 Å². The Morgan fingerprint density at radius 1 is 0.250 bits per heavy atom. The van der Waals surface area contributed by atoms with Gasteiger partial charge < -0.3 is 34.8 Å². The molecule has 0 aromatic heterocycles. The molecule has 0 spiro atoms. The smallest absolute Gasteiger partial charge is 0.550 e. The normalized spacial score (nSPS) is 10.5. The number of carbonyl (C=O) groups excluding carboxylic acids is 3. The molecular formula is C56H111O7Ti. The van der Waals surface area contributed by atoms with Crippen molar-refractivity contribution >= 4 is 17.9 Å². The Balaban J connectivity index is -0.000000261. The average Bonchev–Trinajstić information content (AvgIpc) is 3.25. The van der Waals surface area contributed by atoms with Gasteiger partial charge in [0.2, 0.25) is 0 Å². The van der Waals surface area contributed by atoms with Crippen LogP contribution in [0, 0.1) is 0 Å².